The van der Waals surface area contributed by atoms with Crippen LogP contribution in [0.5, 0.6) is 0 Å². The Morgan fingerprint density at radius 3 is 2.17 bits per heavy atom. The molecule has 2 N–H and O–H groups in total. The highest BCUT2D eigenvalue weighted by atomic mass is 19.1. The Bertz CT molecular complexity index is 470. The molecule has 6 heteroatoms. The summed E-state index contributed by atoms with van der Waals surface area (Å²) in [7, 11) is 0. The zero-order valence-corrected chi connectivity index (χ0v) is 9.96. The molecule has 0 bridgehead atoms. The van der Waals surface area contributed by atoms with Crippen LogP contribution in [0.3, 0.4) is 0 Å². The topological polar surface area (TPSA) is 66.4 Å². The number of carbonyl (C=O) groups excluding carboxylic acids is 1. The lowest BCUT2D eigenvalue weighted by Crippen LogP contribution is -2.51. The molecule has 0 saturated heterocycles. The minimum atomic E-state index is -1.47. The van der Waals surface area contributed by atoms with E-state index >= 15 is 0 Å². The van der Waals surface area contributed by atoms with Gasteiger partial charge in [-0.2, -0.15) is 0 Å². The minimum absolute atomic E-state index is 0.145. The Morgan fingerprint density at radius 2 is 1.78 bits per heavy atom. The van der Waals surface area contributed by atoms with Crippen molar-refractivity contribution in [3.63, 3.8) is 0 Å². The van der Waals surface area contributed by atoms with E-state index in [9.17, 15) is 18.4 Å². The fourth-order valence-electron chi connectivity index (χ4n) is 1.30. The van der Waals surface area contributed by atoms with Crippen molar-refractivity contribution in [2.75, 3.05) is 0 Å². The predicted molar refractivity (Wildman–Crippen MR) is 60.2 cm³/mol. The fourth-order valence-corrected chi connectivity index (χ4v) is 1.30. The average Bonchev–Trinajstić information content (AvgIpc) is 2.27. The second-order valence-electron chi connectivity index (χ2n) is 4.10. The van der Waals surface area contributed by atoms with E-state index < -0.39 is 29.0 Å². The maximum Gasteiger partial charge on any atom is 0.329 e. The molecule has 0 saturated carbocycles. The van der Waals surface area contributed by atoms with Crippen molar-refractivity contribution < 1.29 is 23.5 Å². The molecule has 1 atom stereocenters. The van der Waals surface area contributed by atoms with Gasteiger partial charge in [-0.05, 0) is 25.5 Å². The SMILES string of the molecule is CCC(C)(NC(=O)c1cc(F)cc(F)c1)C(=O)O. The van der Waals surface area contributed by atoms with Crippen molar-refractivity contribution in [3.8, 4) is 0 Å². The third-order valence-corrected chi connectivity index (χ3v) is 2.69. The van der Waals surface area contributed by atoms with Gasteiger partial charge in [0.15, 0.2) is 0 Å². The van der Waals surface area contributed by atoms with Crippen LogP contribution in [0, 0.1) is 11.6 Å². The molecule has 0 aliphatic rings. The van der Waals surface area contributed by atoms with E-state index in [0.29, 0.717) is 6.07 Å². The number of hydrogen-bond acceptors (Lipinski definition) is 2. The van der Waals surface area contributed by atoms with Gasteiger partial charge >= 0.3 is 5.97 Å². The van der Waals surface area contributed by atoms with Crippen LogP contribution in [0.4, 0.5) is 8.78 Å². The highest BCUT2D eigenvalue weighted by molar-refractivity contribution is 5.97. The summed E-state index contributed by atoms with van der Waals surface area (Å²) in [6, 6.07) is 2.32. The summed E-state index contributed by atoms with van der Waals surface area (Å²) < 4.78 is 25.9. The normalized spacial score (nSPS) is 13.8. The maximum absolute atomic E-state index is 12.9. The molecule has 0 heterocycles. The first kappa shape index (κ1) is 14.1. The lowest BCUT2D eigenvalue weighted by atomic mass is 9.98. The quantitative estimate of drug-likeness (QED) is 0.866. The molecule has 0 radical (unpaired) electrons. The molecule has 1 unspecified atom stereocenters. The third-order valence-electron chi connectivity index (χ3n) is 2.69. The number of hydrogen-bond donors (Lipinski definition) is 2. The van der Waals surface area contributed by atoms with Gasteiger partial charge < -0.3 is 10.4 Å². The Labute approximate surface area is 103 Å². The molecule has 0 aliphatic heterocycles. The van der Waals surface area contributed by atoms with Gasteiger partial charge in [-0.3, -0.25) is 4.79 Å². The van der Waals surface area contributed by atoms with Gasteiger partial charge in [-0.1, -0.05) is 6.92 Å². The van der Waals surface area contributed by atoms with Gasteiger partial charge in [0.25, 0.3) is 5.91 Å². The lowest BCUT2D eigenvalue weighted by Gasteiger charge is -2.24. The van der Waals surface area contributed by atoms with Crippen LogP contribution in [-0.4, -0.2) is 22.5 Å². The Morgan fingerprint density at radius 1 is 1.28 bits per heavy atom. The first-order valence-electron chi connectivity index (χ1n) is 5.30. The van der Waals surface area contributed by atoms with E-state index in [-0.39, 0.29) is 12.0 Å². The number of carboxylic acids is 1. The van der Waals surface area contributed by atoms with Crippen LogP contribution in [0.15, 0.2) is 18.2 Å². The lowest BCUT2D eigenvalue weighted by molar-refractivity contribution is -0.143. The fraction of sp³-hybridized carbons (Fsp3) is 0.333. The molecule has 0 aromatic heterocycles. The molecule has 18 heavy (non-hydrogen) atoms. The molecule has 1 aromatic rings. The number of carbonyl (C=O) groups is 2. The number of rotatable bonds is 4. The Kier molecular flexibility index (Phi) is 4.00. The molecule has 4 nitrogen and oxygen atoms in total. The van der Waals surface area contributed by atoms with E-state index in [1.807, 2.05) is 0 Å². The highest BCUT2D eigenvalue weighted by Gasteiger charge is 2.33. The van der Waals surface area contributed by atoms with E-state index in [0.717, 1.165) is 12.1 Å². The predicted octanol–water partition coefficient (Wildman–Crippen LogP) is 1.95. The van der Waals surface area contributed by atoms with Crippen LogP contribution in [0.25, 0.3) is 0 Å². The zero-order chi connectivity index (χ0) is 13.9. The minimum Gasteiger partial charge on any atom is -0.480 e. The van der Waals surface area contributed by atoms with E-state index in [2.05, 4.69) is 5.32 Å². The van der Waals surface area contributed by atoms with Gasteiger partial charge in [0, 0.05) is 11.6 Å². The van der Waals surface area contributed by atoms with Crippen molar-refractivity contribution in [1.29, 1.82) is 0 Å². The first-order chi connectivity index (χ1) is 8.28. The second kappa shape index (κ2) is 5.12. The van der Waals surface area contributed by atoms with Gasteiger partial charge in [0.2, 0.25) is 0 Å². The summed E-state index contributed by atoms with van der Waals surface area (Å²) in [5.41, 5.74) is -1.73. The van der Waals surface area contributed by atoms with E-state index in [1.54, 1.807) is 6.92 Å². The van der Waals surface area contributed by atoms with Gasteiger partial charge in [-0.25, -0.2) is 13.6 Å². The first-order valence-corrected chi connectivity index (χ1v) is 5.30. The van der Waals surface area contributed by atoms with Crippen molar-refractivity contribution in [2.45, 2.75) is 25.8 Å². The van der Waals surface area contributed by atoms with Gasteiger partial charge in [0.05, 0.1) is 0 Å². The molecule has 0 aliphatic carbocycles. The average molecular weight is 257 g/mol. The number of aliphatic carboxylic acids is 1. The maximum atomic E-state index is 12.9. The number of nitrogens with one attached hydrogen (secondary N) is 1. The smallest absolute Gasteiger partial charge is 0.329 e. The Balaban J connectivity index is 2.98. The number of halogens is 2. The van der Waals surface area contributed by atoms with Crippen molar-refractivity contribution in [3.05, 3.63) is 35.4 Å². The summed E-state index contributed by atoms with van der Waals surface area (Å²) in [5, 5.41) is 11.2. The van der Waals surface area contributed by atoms with Gasteiger partial charge in [0.1, 0.15) is 17.2 Å². The summed E-state index contributed by atoms with van der Waals surface area (Å²) in [6.07, 6.45) is 0.145. The molecular weight excluding hydrogens is 244 g/mol. The molecular formula is C12H13F2NO3. The summed E-state index contributed by atoms with van der Waals surface area (Å²) in [5.74, 6) is -3.84. The number of benzene rings is 1. The van der Waals surface area contributed by atoms with Crippen LogP contribution in [0.1, 0.15) is 30.6 Å². The van der Waals surface area contributed by atoms with Crippen molar-refractivity contribution in [2.24, 2.45) is 0 Å². The molecule has 1 amide bonds. The van der Waals surface area contributed by atoms with Crippen LogP contribution in [0.2, 0.25) is 0 Å². The van der Waals surface area contributed by atoms with Gasteiger partial charge in [-0.15, -0.1) is 0 Å². The van der Waals surface area contributed by atoms with Crippen molar-refractivity contribution >= 4 is 11.9 Å². The monoisotopic (exact) mass is 257 g/mol. The molecule has 98 valence electrons. The zero-order valence-electron chi connectivity index (χ0n) is 9.96. The summed E-state index contributed by atoms with van der Waals surface area (Å²) in [6.45, 7) is 2.91. The van der Waals surface area contributed by atoms with Crippen LogP contribution >= 0.6 is 0 Å². The summed E-state index contributed by atoms with van der Waals surface area (Å²) >= 11 is 0. The number of carboxylic acid groups (broad SMARTS) is 1. The third kappa shape index (κ3) is 3.03. The molecule has 1 aromatic carbocycles. The van der Waals surface area contributed by atoms with E-state index in [4.69, 9.17) is 5.11 Å². The summed E-state index contributed by atoms with van der Waals surface area (Å²) in [4.78, 5) is 22.7. The van der Waals surface area contributed by atoms with Crippen LogP contribution in [-0.2, 0) is 4.79 Å². The van der Waals surface area contributed by atoms with Crippen molar-refractivity contribution in [1.82, 2.24) is 5.32 Å². The highest BCUT2D eigenvalue weighted by Crippen LogP contribution is 2.13. The molecule has 0 spiro atoms. The van der Waals surface area contributed by atoms with E-state index in [1.165, 1.54) is 6.92 Å². The number of amides is 1. The second-order valence-corrected chi connectivity index (χ2v) is 4.10. The van der Waals surface area contributed by atoms with Crippen LogP contribution < -0.4 is 5.32 Å². The molecule has 0 fully saturated rings. The largest absolute Gasteiger partial charge is 0.480 e. The molecule has 1 rings (SSSR count). The Hall–Kier alpha value is -1.98. The standard InChI is InChI=1S/C12H13F2NO3/c1-3-12(2,11(17)18)15-10(16)7-4-8(13)6-9(14)5-7/h4-6H,3H2,1-2H3,(H,15,16)(H,17,18).